The number of hydrogen-bond donors (Lipinski definition) is 1. The number of hydrogen-bond acceptors (Lipinski definition) is 3. The lowest BCUT2D eigenvalue weighted by atomic mass is 10.0. The molecule has 1 rings (SSSR count). The van der Waals surface area contributed by atoms with Gasteiger partial charge in [-0.15, -0.1) is 0 Å². The molecule has 1 atom stereocenters. The number of carboxylic acids is 1. The molecule has 0 saturated heterocycles. The fourth-order valence-electron chi connectivity index (χ4n) is 2.16. The second kappa shape index (κ2) is 7.67. The third-order valence-electron chi connectivity index (χ3n) is 3.16. The van der Waals surface area contributed by atoms with E-state index in [1.54, 1.807) is 27.7 Å². The summed E-state index contributed by atoms with van der Waals surface area (Å²) >= 11 is 0. The number of rotatable bonds is 6. The van der Waals surface area contributed by atoms with Crippen LogP contribution in [0.5, 0.6) is 0 Å². The summed E-state index contributed by atoms with van der Waals surface area (Å²) in [5.74, 6) is -1.22. The first-order valence-corrected chi connectivity index (χ1v) is 7.06. The standard InChI is InChI=1S/C16H23NO4/c1-11(2)14(15(18)19)17(12(3)4)16(20)21-10-13-8-6-5-7-9-13/h5-9,11-12,14H,10H2,1-4H3,(H,18,19)/t14-/m1/s1. The maximum atomic E-state index is 12.2. The van der Waals surface area contributed by atoms with Crippen molar-refractivity contribution >= 4 is 12.1 Å². The van der Waals surface area contributed by atoms with Crippen molar-refractivity contribution in [2.75, 3.05) is 0 Å². The van der Waals surface area contributed by atoms with E-state index in [2.05, 4.69) is 0 Å². The van der Waals surface area contributed by atoms with Crippen LogP contribution in [0.4, 0.5) is 4.79 Å². The molecule has 0 radical (unpaired) electrons. The van der Waals surface area contributed by atoms with Crippen molar-refractivity contribution in [3.05, 3.63) is 35.9 Å². The number of nitrogens with zero attached hydrogens (tertiary/aromatic N) is 1. The van der Waals surface area contributed by atoms with Crippen molar-refractivity contribution in [1.29, 1.82) is 0 Å². The SMILES string of the molecule is CC(C)[C@H](C(=O)O)N(C(=O)OCc1ccccc1)C(C)C. The van der Waals surface area contributed by atoms with E-state index >= 15 is 0 Å². The molecule has 1 aromatic carbocycles. The van der Waals surface area contributed by atoms with Crippen LogP contribution >= 0.6 is 0 Å². The highest BCUT2D eigenvalue weighted by Gasteiger charge is 2.35. The Morgan fingerprint density at radius 1 is 1.14 bits per heavy atom. The topological polar surface area (TPSA) is 66.8 Å². The lowest BCUT2D eigenvalue weighted by Crippen LogP contribution is -2.51. The predicted molar refractivity (Wildman–Crippen MR) is 79.9 cm³/mol. The lowest BCUT2D eigenvalue weighted by molar-refractivity contribution is -0.145. The van der Waals surface area contributed by atoms with Gasteiger partial charge in [-0.05, 0) is 25.3 Å². The zero-order valence-electron chi connectivity index (χ0n) is 12.9. The van der Waals surface area contributed by atoms with E-state index < -0.39 is 18.1 Å². The zero-order valence-corrected chi connectivity index (χ0v) is 12.9. The Bertz CT molecular complexity index is 470. The number of carbonyl (C=O) groups excluding carboxylic acids is 1. The molecule has 1 amide bonds. The predicted octanol–water partition coefficient (Wildman–Crippen LogP) is 3.14. The van der Waals surface area contributed by atoms with Crippen molar-refractivity contribution in [2.24, 2.45) is 5.92 Å². The summed E-state index contributed by atoms with van der Waals surface area (Å²) in [4.78, 5) is 25.0. The average Bonchev–Trinajstić information content (AvgIpc) is 2.41. The van der Waals surface area contributed by atoms with E-state index in [0.717, 1.165) is 5.56 Å². The van der Waals surface area contributed by atoms with Gasteiger partial charge in [0.25, 0.3) is 0 Å². The van der Waals surface area contributed by atoms with Crippen molar-refractivity contribution in [2.45, 2.75) is 46.4 Å². The highest BCUT2D eigenvalue weighted by atomic mass is 16.6. The van der Waals surface area contributed by atoms with Gasteiger partial charge >= 0.3 is 12.1 Å². The summed E-state index contributed by atoms with van der Waals surface area (Å²) in [6.45, 7) is 7.24. The van der Waals surface area contributed by atoms with Gasteiger partial charge in [-0.2, -0.15) is 0 Å². The molecule has 0 bridgehead atoms. The van der Waals surface area contributed by atoms with Crippen LogP contribution in [0, 0.1) is 5.92 Å². The first kappa shape index (κ1) is 17.0. The molecule has 0 heterocycles. The van der Waals surface area contributed by atoms with Crippen molar-refractivity contribution in [3.8, 4) is 0 Å². The third kappa shape index (κ3) is 4.77. The smallest absolute Gasteiger partial charge is 0.411 e. The fourth-order valence-corrected chi connectivity index (χ4v) is 2.16. The number of carboxylic acid groups (broad SMARTS) is 1. The summed E-state index contributed by atoms with van der Waals surface area (Å²) in [5.41, 5.74) is 0.867. The number of aliphatic carboxylic acids is 1. The molecule has 0 spiro atoms. The summed E-state index contributed by atoms with van der Waals surface area (Å²) in [6, 6.07) is 8.15. The van der Waals surface area contributed by atoms with Gasteiger partial charge < -0.3 is 9.84 Å². The molecule has 0 unspecified atom stereocenters. The highest BCUT2D eigenvalue weighted by Crippen LogP contribution is 2.17. The molecule has 0 saturated carbocycles. The normalized spacial score (nSPS) is 12.3. The maximum absolute atomic E-state index is 12.2. The van der Waals surface area contributed by atoms with Crippen LogP contribution in [0.15, 0.2) is 30.3 Å². The molecule has 5 nitrogen and oxygen atoms in total. The van der Waals surface area contributed by atoms with Crippen molar-refractivity contribution < 1.29 is 19.4 Å². The van der Waals surface area contributed by atoms with Gasteiger partial charge in [-0.25, -0.2) is 9.59 Å². The second-order valence-corrected chi connectivity index (χ2v) is 5.57. The maximum Gasteiger partial charge on any atom is 0.411 e. The molecule has 0 aliphatic heterocycles. The second-order valence-electron chi connectivity index (χ2n) is 5.57. The first-order valence-electron chi connectivity index (χ1n) is 7.06. The van der Waals surface area contributed by atoms with E-state index in [4.69, 9.17) is 4.74 Å². The van der Waals surface area contributed by atoms with Crippen LogP contribution < -0.4 is 0 Å². The molecule has 5 heteroatoms. The Kier molecular flexibility index (Phi) is 6.21. The number of carbonyl (C=O) groups is 2. The Balaban J connectivity index is 2.80. The average molecular weight is 293 g/mol. The molecular weight excluding hydrogens is 270 g/mol. The molecule has 1 aromatic rings. The molecule has 0 aliphatic rings. The lowest BCUT2D eigenvalue weighted by Gasteiger charge is -2.33. The summed E-state index contributed by atoms with van der Waals surface area (Å²) in [6.07, 6.45) is -0.602. The van der Waals surface area contributed by atoms with E-state index in [9.17, 15) is 14.7 Å². The molecule has 0 fully saturated rings. The number of ether oxygens (including phenoxy) is 1. The fraction of sp³-hybridized carbons (Fsp3) is 0.500. The van der Waals surface area contributed by atoms with Crippen molar-refractivity contribution in [3.63, 3.8) is 0 Å². The van der Waals surface area contributed by atoms with Gasteiger partial charge in [0.1, 0.15) is 12.6 Å². The highest BCUT2D eigenvalue weighted by molar-refractivity contribution is 5.80. The molecule has 1 N–H and O–H groups in total. The van der Waals surface area contributed by atoms with Crippen LogP contribution in [0.3, 0.4) is 0 Å². The van der Waals surface area contributed by atoms with Crippen LogP contribution in [-0.4, -0.2) is 34.2 Å². The van der Waals surface area contributed by atoms with Crippen molar-refractivity contribution in [1.82, 2.24) is 4.90 Å². The minimum atomic E-state index is -1.02. The molecular formula is C16H23NO4. The Labute approximate surface area is 125 Å². The van der Waals surface area contributed by atoms with Crippen LogP contribution in [-0.2, 0) is 16.1 Å². The number of benzene rings is 1. The van der Waals surface area contributed by atoms with Crippen LogP contribution in [0.2, 0.25) is 0 Å². The van der Waals surface area contributed by atoms with E-state index in [0.29, 0.717) is 0 Å². The Morgan fingerprint density at radius 2 is 1.71 bits per heavy atom. The third-order valence-corrected chi connectivity index (χ3v) is 3.16. The molecule has 0 aromatic heterocycles. The Hall–Kier alpha value is -2.04. The first-order chi connectivity index (χ1) is 9.84. The summed E-state index contributed by atoms with van der Waals surface area (Å²) in [5, 5.41) is 9.35. The monoisotopic (exact) mass is 293 g/mol. The van der Waals surface area contributed by atoms with Gasteiger partial charge in [-0.3, -0.25) is 4.90 Å². The van der Waals surface area contributed by atoms with Gasteiger partial charge in [0.15, 0.2) is 0 Å². The quantitative estimate of drug-likeness (QED) is 0.875. The van der Waals surface area contributed by atoms with Gasteiger partial charge in [0, 0.05) is 6.04 Å². The van der Waals surface area contributed by atoms with Gasteiger partial charge in [0.05, 0.1) is 0 Å². The summed E-state index contributed by atoms with van der Waals surface area (Å²) < 4.78 is 5.26. The van der Waals surface area contributed by atoms with Gasteiger partial charge in [-0.1, -0.05) is 44.2 Å². The van der Waals surface area contributed by atoms with Crippen LogP contribution in [0.1, 0.15) is 33.3 Å². The molecule has 116 valence electrons. The Morgan fingerprint density at radius 3 is 2.14 bits per heavy atom. The minimum Gasteiger partial charge on any atom is -0.480 e. The minimum absolute atomic E-state index is 0.132. The van der Waals surface area contributed by atoms with Gasteiger partial charge in [0.2, 0.25) is 0 Å². The molecule has 0 aliphatic carbocycles. The molecule has 21 heavy (non-hydrogen) atoms. The zero-order chi connectivity index (χ0) is 16.0. The van der Waals surface area contributed by atoms with E-state index in [1.165, 1.54) is 4.90 Å². The van der Waals surface area contributed by atoms with E-state index in [1.807, 2.05) is 30.3 Å². The summed E-state index contributed by atoms with van der Waals surface area (Å²) in [7, 11) is 0. The van der Waals surface area contributed by atoms with Crippen LogP contribution in [0.25, 0.3) is 0 Å². The largest absolute Gasteiger partial charge is 0.480 e. The van der Waals surface area contributed by atoms with E-state index in [-0.39, 0.29) is 18.6 Å². The number of amides is 1.